The van der Waals surface area contributed by atoms with Crippen LogP contribution in [0.4, 0.5) is 0 Å². The van der Waals surface area contributed by atoms with Crippen LogP contribution in [0.3, 0.4) is 0 Å². The Morgan fingerprint density at radius 2 is 0.984 bits per heavy atom. The average molecular weight is 821 g/mol. The van der Waals surface area contributed by atoms with Gasteiger partial charge in [-0.2, -0.15) is 0 Å². The van der Waals surface area contributed by atoms with Crippen LogP contribution in [0.2, 0.25) is 0 Å². The maximum atomic E-state index is 6.40. The highest BCUT2D eigenvalue weighted by molar-refractivity contribution is 7.26. The first-order valence-electron chi connectivity index (χ1n) is 21.2. The molecule has 4 aromatic heterocycles. The second-order valence-corrected chi connectivity index (χ2v) is 17.5. The lowest BCUT2D eigenvalue weighted by molar-refractivity contribution is 0.669. The monoisotopic (exact) mass is 820 g/mol. The average Bonchev–Trinajstić information content (AvgIpc) is 4.01. The van der Waals surface area contributed by atoms with Gasteiger partial charge < -0.3 is 8.98 Å². The van der Waals surface area contributed by atoms with E-state index in [1.807, 2.05) is 18.2 Å². The van der Waals surface area contributed by atoms with Crippen molar-refractivity contribution in [3.8, 4) is 39.9 Å². The van der Waals surface area contributed by atoms with Crippen molar-refractivity contribution in [2.75, 3.05) is 0 Å². The summed E-state index contributed by atoms with van der Waals surface area (Å²) in [6.07, 6.45) is 0. The van der Waals surface area contributed by atoms with E-state index in [1.54, 1.807) is 11.3 Å². The quantitative estimate of drug-likeness (QED) is 0.177. The lowest BCUT2D eigenvalue weighted by atomic mass is 10.0. The zero-order chi connectivity index (χ0) is 41.2. The Bertz CT molecular complexity index is 4230. The number of furan rings is 1. The zero-order valence-electron chi connectivity index (χ0n) is 33.6. The molecule has 0 saturated carbocycles. The summed E-state index contributed by atoms with van der Waals surface area (Å²) in [5.41, 5.74) is 7.73. The summed E-state index contributed by atoms with van der Waals surface area (Å²) < 4.78 is 11.2. The van der Waals surface area contributed by atoms with Gasteiger partial charge in [-0.25, -0.2) is 15.0 Å². The molecule has 0 spiro atoms. The minimum Gasteiger partial charge on any atom is -0.456 e. The summed E-state index contributed by atoms with van der Waals surface area (Å²) in [5, 5.41) is 14.1. The third-order valence-corrected chi connectivity index (χ3v) is 13.9. The number of rotatable bonds is 4. The molecule has 0 fully saturated rings. The Morgan fingerprint density at radius 3 is 1.83 bits per heavy atom. The Kier molecular flexibility index (Phi) is 7.21. The molecule has 14 rings (SSSR count). The van der Waals surface area contributed by atoms with E-state index in [1.165, 1.54) is 42.4 Å². The van der Waals surface area contributed by atoms with E-state index in [0.717, 1.165) is 76.2 Å². The van der Waals surface area contributed by atoms with Crippen molar-refractivity contribution < 1.29 is 4.42 Å². The highest BCUT2D eigenvalue weighted by atomic mass is 32.1. The van der Waals surface area contributed by atoms with Crippen molar-refractivity contribution in [3.05, 3.63) is 194 Å². The molecule has 0 N–H and O–H groups in total. The van der Waals surface area contributed by atoms with Crippen molar-refractivity contribution in [2.45, 2.75) is 0 Å². The van der Waals surface area contributed by atoms with Crippen LogP contribution < -0.4 is 0 Å². The second-order valence-electron chi connectivity index (χ2n) is 16.4. The first-order chi connectivity index (χ1) is 31.2. The molecule has 0 unspecified atom stereocenters. The normalized spacial score (nSPS) is 12.1. The molecule has 6 heteroatoms. The Hall–Kier alpha value is -8.19. The minimum atomic E-state index is 0.582. The molecule has 0 aliphatic heterocycles. The first kappa shape index (κ1) is 34.5. The first-order valence-corrected chi connectivity index (χ1v) is 22.0. The van der Waals surface area contributed by atoms with Gasteiger partial charge in [-0.15, -0.1) is 11.3 Å². The van der Waals surface area contributed by atoms with Crippen molar-refractivity contribution in [3.63, 3.8) is 0 Å². The van der Waals surface area contributed by atoms with Gasteiger partial charge in [0.15, 0.2) is 17.5 Å². The van der Waals surface area contributed by atoms with Gasteiger partial charge in [-0.05, 0) is 93.0 Å². The number of benzene rings is 10. The summed E-state index contributed by atoms with van der Waals surface area (Å²) in [7, 11) is 0. The molecule has 0 aliphatic carbocycles. The molecule has 14 aromatic rings. The van der Waals surface area contributed by atoms with Crippen LogP contribution >= 0.6 is 11.3 Å². The number of thiophene rings is 1. The van der Waals surface area contributed by atoms with Crippen LogP contribution in [-0.4, -0.2) is 19.5 Å². The van der Waals surface area contributed by atoms with Gasteiger partial charge in [0.2, 0.25) is 0 Å². The van der Waals surface area contributed by atoms with E-state index in [2.05, 4.69) is 180 Å². The maximum absolute atomic E-state index is 6.40. The van der Waals surface area contributed by atoms with E-state index in [-0.39, 0.29) is 0 Å². The molecule has 0 radical (unpaired) electrons. The summed E-state index contributed by atoms with van der Waals surface area (Å²) >= 11 is 1.81. The Balaban J connectivity index is 1.08. The zero-order valence-corrected chi connectivity index (χ0v) is 34.4. The number of aromatic nitrogens is 4. The molecule has 0 amide bonds. The molecule has 5 nitrogen and oxygen atoms in total. The molecule has 292 valence electrons. The van der Waals surface area contributed by atoms with Crippen LogP contribution in [0.1, 0.15) is 0 Å². The molecule has 0 atom stereocenters. The fourth-order valence-electron chi connectivity index (χ4n) is 9.84. The van der Waals surface area contributed by atoms with Crippen molar-refractivity contribution in [2.24, 2.45) is 0 Å². The molecule has 4 heterocycles. The molecule has 10 aromatic carbocycles. The van der Waals surface area contributed by atoms with Crippen molar-refractivity contribution in [1.29, 1.82) is 0 Å². The maximum Gasteiger partial charge on any atom is 0.164 e. The second kappa shape index (κ2) is 13.2. The largest absolute Gasteiger partial charge is 0.456 e. The molecule has 0 aliphatic rings. The van der Waals surface area contributed by atoms with Crippen LogP contribution in [0.5, 0.6) is 0 Å². The number of nitrogens with zero attached hydrogens (tertiary/aromatic N) is 4. The molecular weight excluding hydrogens is 789 g/mol. The topological polar surface area (TPSA) is 56.7 Å². The van der Waals surface area contributed by atoms with Gasteiger partial charge in [-0.1, -0.05) is 133 Å². The lowest BCUT2D eigenvalue weighted by Crippen LogP contribution is -2.02. The Labute approximate surface area is 363 Å². The molecule has 63 heavy (non-hydrogen) atoms. The fraction of sp³-hybridized carbons (Fsp3) is 0. The molecule has 0 bridgehead atoms. The van der Waals surface area contributed by atoms with Crippen molar-refractivity contribution in [1.82, 2.24) is 19.5 Å². The predicted molar refractivity (Wildman–Crippen MR) is 263 cm³/mol. The number of fused-ring (bicyclic) bond motifs is 13. The molecule has 0 saturated heterocycles. The smallest absolute Gasteiger partial charge is 0.164 e. The van der Waals surface area contributed by atoms with E-state index in [9.17, 15) is 0 Å². The number of hydrogen-bond acceptors (Lipinski definition) is 5. The van der Waals surface area contributed by atoms with Crippen LogP contribution in [0.15, 0.2) is 199 Å². The minimum absolute atomic E-state index is 0.582. The predicted octanol–water partition coefficient (Wildman–Crippen LogP) is 15.7. The van der Waals surface area contributed by atoms with Gasteiger partial charge in [0.1, 0.15) is 11.2 Å². The summed E-state index contributed by atoms with van der Waals surface area (Å²) in [5.74, 6) is 1.80. The third kappa shape index (κ3) is 5.25. The molecular formula is C57H32N4OS. The van der Waals surface area contributed by atoms with E-state index < -0.39 is 0 Å². The van der Waals surface area contributed by atoms with E-state index in [0.29, 0.717) is 17.5 Å². The Morgan fingerprint density at radius 1 is 0.365 bits per heavy atom. The van der Waals surface area contributed by atoms with Gasteiger partial charge >= 0.3 is 0 Å². The van der Waals surface area contributed by atoms with Crippen LogP contribution in [0.25, 0.3) is 136 Å². The van der Waals surface area contributed by atoms with E-state index in [4.69, 9.17) is 19.4 Å². The van der Waals surface area contributed by atoms with Crippen LogP contribution in [0, 0.1) is 0 Å². The lowest BCUT2D eigenvalue weighted by Gasteiger charge is -2.14. The van der Waals surface area contributed by atoms with E-state index >= 15 is 0 Å². The van der Waals surface area contributed by atoms with Gasteiger partial charge in [0.25, 0.3) is 0 Å². The van der Waals surface area contributed by atoms with Crippen LogP contribution in [-0.2, 0) is 0 Å². The summed E-state index contributed by atoms with van der Waals surface area (Å²) in [6.45, 7) is 0. The summed E-state index contributed by atoms with van der Waals surface area (Å²) in [4.78, 5) is 16.1. The number of para-hydroxylation sites is 1. The number of hydrogen-bond donors (Lipinski definition) is 0. The fourth-order valence-corrected chi connectivity index (χ4v) is 11.0. The SMILES string of the molecule is c1ccc2cc(-c3nc(-c4ccc5c(c4)oc4ccccc45)nc(-c4cc(-n5c6cc7ccccc7cc6c6c7ccccc7ccc65)cc5sc6ccccc6c45)n3)ccc2c1. The van der Waals surface area contributed by atoms with Crippen molar-refractivity contribution >= 4 is 108 Å². The highest BCUT2D eigenvalue weighted by Crippen LogP contribution is 2.45. The third-order valence-electron chi connectivity index (χ3n) is 12.8. The standard InChI is InChI=1S/C57H32N4OS/c1-2-13-35-27-38(22-21-33(35)11-1)55-58-56(39-23-25-43-42-17-7-9-19-49(42)62-50(43)30-39)60-57(59-55)46-31-40(32-52-54(46)44-18-8-10-20-51(44)63-52)61-47-26-24-34-12-5-6-16-41(34)53(47)45-28-36-14-3-4-15-37(36)29-48(45)61/h1-32H. The van der Waals surface area contributed by atoms with Gasteiger partial charge in [-0.3, -0.25) is 0 Å². The van der Waals surface area contributed by atoms with Gasteiger partial charge in [0.05, 0.1) is 11.0 Å². The van der Waals surface area contributed by atoms with Gasteiger partial charge in [0, 0.05) is 64.1 Å². The summed E-state index contributed by atoms with van der Waals surface area (Å²) in [6, 6.07) is 69.3. The highest BCUT2D eigenvalue weighted by Gasteiger charge is 2.22.